The monoisotopic (exact) mass is 374 g/mol. The Balaban J connectivity index is 1.60. The second-order valence-electron chi connectivity index (χ2n) is 7.06. The number of nitrogens with zero attached hydrogens (tertiary/aromatic N) is 2. The number of aromatic nitrogens is 2. The van der Waals surface area contributed by atoms with Crippen LogP contribution in [0.3, 0.4) is 0 Å². The molecule has 2 N–H and O–H groups in total. The van der Waals surface area contributed by atoms with E-state index in [1.807, 2.05) is 0 Å². The van der Waals surface area contributed by atoms with Gasteiger partial charge in [-0.1, -0.05) is 6.42 Å². The first-order valence-electron chi connectivity index (χ1n) is 9.15. The molecule has 0 spiro atoms. The molecule has 3 heterocycles. The van der Waals surface area contributed by atoms with Crippen molar-refractivity contribution in [1.82, 2.24) is 20.2 Å². The zero-order valence-electron chi connectivity index (χ0n) is 14.8. The Hall–Kier alpha value is -2.22. The molecule has 138 valence electrons. The Morgan fingerprint density at radius 2 is 2.08 bits per heavy atom. The van der Waals surface area contributed by atoms with Crippen LogP contribution in [0.1, 0.15) is 53.2 Å². The van der Waals surface area contributed by atoms with Gasteiger partial charge in [0.25, 0.3) is 11.5 Å². The second-order valence-corrected chi connectivity index (χ2v) is 8.06. The van der Waals surface area contributed by atoms with Gasteiger partial charge < -0.3 is 10.6 Å². The van der Waals surface area contributed by atoms with Crippen LogP contribution in [0.25, 0.3) is 10.2 Å². The second kappa shape index (κ2) is 6.83. The zero-order chi connectivity index (χ0) is 18.3. The zero-order valence-corrected chi connectivity index (χ0v) is 15.6. The topological polar surface area (TPSA) is 93.1 Å². The third kappa shape index (κ3) is 3.25. The van der Waals surface area contributed by atoms with Crippen LogP contribution in [0.2, 0.25) is 0 Å². The number of amides is 2. The van der Waals surface area contributed by atoms with Gasteiger partial charge in [0.1, 0.15) is 10.7 Å². The Morgan fingerprint density at radius 1 is 1.27 bits per heavy atom. The predicted molar refractivity (Wildman–Crippen MR) is 99.7 cm³/mol. The lowest BCUT2D eigenvalue weighted by Gasteiger charge is -2.08. The van der Waals surface area contributed by atoms with E-state index in [4.69, 9.17) is 0 Å². The lowest BCUT2D eigenvalue weighted by molar-refractivity contribution is -0.120. The number of carbonyl (C=O) groups excluding carboxylic acids is 2. The lowest BCUT2D eigenvalue weighted by Crippen LogP contribution is -2.37. The molecule has 26 heavy (non-hydrogen) atoms. The molecule has 0 radical (unpaired) electrons. The first-order chi connectivity index (χ1) is 12.5. The van der Waals surface area contributed by atoms with Crippen LogP contribution in [0.15, 0.2) is 4.79 Å². The van der Waals surface area contributed by atoms with Gasteiger partial charge in [-0.25, -0.2) is 4.98 Å². The average molecular weight is 374 g/mol. The number of aryl methyl sites for hydroxylation is 2. The van der Waals surface area contributed by atoms with Crippen LogP contribution in [0.4, 0.5) is 0 Å². The summed E-state index contributed by atoms with van der Waals surface area (Å²) in [5.74, 6) is 0.317. The van der Waals surface area contributed by atoms with Crippen molar-refractivity contribution < 1.29 is 9.59 Å². The molecule has 1 fully saturated rings. The highest BCUT2D eigenvalue weighted by molar-refractivity contribution is 7.20. The number of carbonyl (C=O) groups is 2. The number of hydrogen-bond donors (Lipinski definition) is 2. The average Bonchev–Trinajstić information content (AvgIpc) is 3.39. The molecule has 2 aliphatic rings. The van der Waals surface area contributed by atoms with E-state index in [0.29, 0.717) is 27.2 Å². The summed E-state index contributed by atoms with van der Waals surface area (Å²) >= 11 is 1.24. The van der Waals surface area contributed by atoms with Gasteiger partial charge in [-0.2, -0.15) is 0 Å². The van der Waals surface area contributed by atoms with Gasteiger partial charge in [0.15, 0.2) is 0 Å². The van der Waals surface area contributed by atoms with E-state index in [9.17, 15) is 14.4 Å². The molecule has 2 aromatic heterocycles. The van der Waals surface area contributed by atoms with Gasteiger partial charge in [-0.3, -0.25) is 19.0 Å². The Morgan fingerprint density at radius 3 is 2.85 bits per heavy atom. The van der Waals surface area contributed by atoms with Crippen molar-refractivity contribution in [2.45, 2.75) is 58.0 Å². The largest absolute Gasteiger partial charge is 0.352 e. The highest BCUT2D eigenvalue weighted by atomic mass is 32.1. The quantitative estimate of drug-likeness (QED) is 0.848. The van der Waals surface area contributed by atoms with Crippen LogP contribution in [0.5, 0.6) is 0 Å². The van der Waals surface area contributed by atoms with Crippen LogP contribution >= 0.6 is 11.3 Å². The van der Waals surface area contributed by atoms with Crippen LogP contribution < -0.4 is 16.2 Å². The van der Waals surface area contributed by atoms with E-state index in [1.54, 1.807) is 11.5 Å². The number of fused-ring (bicyclic) bond motifs is 2. The minimum atomic E-state index is -0.323. The maximum Gasteiger partial charge on any atom is 0.262 e. The molecule has 8 heteroatoms. The number of hydrogen-bond acceptors (Lipinski definition) is 5. The molecular weight excluding hydrogens is 352 g/mol. The van der Waals surface area contributed by atoms with Gasteiger partial charge >= 0.3 is 0 Å². The Kier molecular flexibility index (Phi) is 4.52. The first-order valence-corrected chi connectivity index (χ1v) is 9.96. The Labute approximate surface area is 154 Å². The fourth-order valence-electron chi connectivity index (χ4n) is 3.37. The molecule has 1 aliphatic heterocycles. The molecule has 2 amide bonds. The summed E-state index contributed by atoms with van der Waals surface area (Å²) in [6.45, 7) is 2.42. The van der Waals surface area contributed by atoms with Crippen molar-refractivity contribution in [3.05, 3.63) is 26.6 Å². The standard InChI is InChI=1S/C18H22N4O3S/c1-10-14-17(21-12-5-3-2-4-8-22(12)18(14)25)26-15(10)16(24)19-9-13(23)20-11-6-7-11/h11H,2-9H2,1H3,(H,19,24)(H,20,23). The summed E-state index contributed by atoms with van der Waals surface area (Å²) in [7, 11) is 0. The van der Waals surface area contributed by atoms with Crippen molar-refractivity contribution in [3.8, 4) is 0 Å². The molecule has 2 aromatic rings. The fraction of sp³-hybridized carbons (Fsp3) is 0.556. The number of rotatable bonds is 4. The Bertz CT molecular complexity index is 942. The summed E-state index contributed by atoms with van der Waals surface area (Å²) in [6.07, 6.45) is 5.93. The summed E-state index contributed by atoms with van der Waals surface area (Å²) in [5, 5.41) is 6.03. The SMILES string of the molecule is Cc1c(C(=O)NCC(=O)NC2CC2)sc2nc3n(c(=O)c12)CCCCC3. The van der Waals surface area contributed by atoms with Gasteiger partial charge in [0.05, 0.1) is 16.8 Å². The van der Waals surface area contributed by atoms with Crippen molar-refractivity contribution in [2.75, 3.05) is 6.54 Å². The van der Waals surface area contributed by atoms with E-state index >= 15 is 0 Å². The molecule has 0 bridgehead atoms. The summed E-state index contributed by atoms with van der Waals surface area (Å²) < 4.78 is 1.76. The molecular formula is C18H22N4O3S. The molecule has 7 nitrogen and oxygen atoms in total. The smallest absolute Gasteiger partial charge is 0.262 e. The fourth-order valence-corrected chi connectivity index (χ4v) is 4.48. The van der Waals surface area contributed by atoms with E-state index in [2.05, 4.69) is 15.6 Å². The molecule has 4 rings (SSSR count). The van der Waals surface area contributed by atoms with E-state index in [1.165, 1.54) is 11.3 Å². The summed E-state index contributed by atoms with van der Waals surface area (Å²) in [5.41, 5.74) is 0.605. The molecule has 0 atom stereocenters. The molecule has 0 unspecified atom stereocenters. The van der Waals surface area contributed by atoms with Crippen molar-refractivity contribution in [1.29, 1.82) is 0 Å². The minimum absolute atomic E-state index is 0.0497. The third-order valence-corrected chi connectivity index (χ3v) is 6.15. The molecule has 1 saturated carbocycles. The third-order valence-electron chi connectivity index (χ3n) is 4.97. The molecule has 0 aromatic carbocycles. The lowest BCUT2D eigenvalue weighted by atomic mass is 10.2. The summed E-state index contributed by atoms with van der Waals surface area (Å²) in [6, 6.07) is 0.269. The van der Waals surface area contributed by atoms with Gasteiger partial charge in [-0.15, -0.1) is 11.3 Å². The van der Waals surface area contributed by atoms with Crippen LogP contribution in [-0.4, -0.2) is 34.0 Å². The van der Waals surface area contributed by atoms with Crippen LogP contribution in [-0.2, 0) is 17.8 Å². The highest BCUT2D eigenvalue weighted by Gasteiger charge is 2.25. The van der Waals surface area contributed by atoms with Gasteiger partial charge in [-0.05, 0) is 38.2 Å². The van der Waals surface area contributed by atoms with Crippen molar-refractivity contribution in [3.63, 3.8) is 0 Å². The highest BCUT2D eigenvalue weighted by Crippen LogP contribution is 2.28. The van der Waals surface area contributed by atoms with Crippen LogP contribution in [0, 0.1) is 6.92 Å². The van der Waals surface area contributed by atoms with E-state index < -0.39 is 0 Å². The van der Waals surface area contributed by atoms with Gasteiger partial charge in [0, 0.05) is 19.0 Å². The summed E-state index contributed by atoms with van der Waals surface area (Å²) in [4.78, 5) is 42.9. The minimum Gasteiger partial charge on any atom is -0.352 e. The molecule has 0 saturated heterocycles. The van der Waals surface area contributed by atoms with Crippen molar-refractivity contribution in [2.24, 2.45) is 0 Å². The number of thiophene rings is 1. The predicted octanol–water partition coefficient (Wildman–Crippen LogP) is 1.50. The maximum atomic E-state index is 12.9. The van der Waals surface area contributed by atoms with E-state index in [0.717, 1.165) is 44.3 Å². The van der Waals surface area contributed by atoms with Crippen molar-refractivity contribution >= 4 is 33.4 Å². The number of nitrogens with one attached hydrogen (secondary N) is 2. The first kappa shape index (κ1) is 17.2. The molecule has 1 aliphatic carbocycles. The van der Waals surface area contributed by atoms with E-state index in [-0.39, 0.29) is 30.0 Å². The van der Waals surface area contributed by atoms with Gasteiger partial charge in [0.2, 0.25) is 5.91 Å². The maximum absolute atomic E-state index is 12.9. The normalized spacial score (nSPS) is 16.8.